The minimum Gasteiger partial charge on any atom is -0.493 e. The second kappa shape index (κ2) is 5.33. The molecule has 1 aromatic carbocycles. The van der Waals surface area contributed by atoms with E-state index in [4.69, 9.17) is 16.3 Å². The molecule has 3 heteroatoms. The van der Waals surface area contributed by atoms with Crippen molar-refractivity contribution in [1.29, 1.82) is 0 Å². The Hall–Kier alpha value is -0.990. The van der Waals surface area contributed by atoms with Crippen LogP contribution in [0.15, 0.2) is 24.8 Å². The number of hydrogen-bond acceptors (Lipinski definition) is 2. The van der Waals surface area contributed by atoms with E-state index in [1.165, 1.54) is 0 Å². The number of halogens is 1. The molecule has 1 aromatic rings. The van der Waals surface area contributed by atoms with Crippen LogP contribution in [0.1, 0.15) is 30.9 Å². The number of benzene rings is 1. The number of allylic oxidation sites excluding steroid dienone is 1. The minimum atomic E-state index is -0.751. The Bertz CT molecular complexity index is 452. The number of ether oxygens (including phenoxy) is 1. The van der Waals surface area contributed by atoms with Crippen LogP contribution in [0, 0.1) is 0 Å². The molecule has 0 radical (unpaired) electrons. The minimum absolute atomic E-state index is 0.559. The molecule has 18 heavy (non-hydrogen) atoms. The van der Waals surface area contributed by atoms with E-state index in [1.807, 2.05) is 25.1 Å². The summed E-state index contributed by atoms with van der Waals surface area (Å²) in [6.07, 6.45) is 4.78. The van der Waals surface area contributed by atoms with Gasteiger partial charge in [0.2, 0.25) is 0 Å². The molecular formula is C15H19ClO2. The average molecular weight is 267 g/mol. The van der Waals surface area contributed by atoms with E-state index < -0.39 is 5.60 Å². The van der Waals surface area contributed by atoms with Crippen LogP contribution in [-0.4, -0.2) is 17.3 Å². The van der Waals surface area contributed by atoms with Crippen LogP contribution in [0.4, 0.5) is 0 Å². The highest BCUT2D eigenvalue weighted by Gasteiger charge is 2.25. The largest absolute Gasteiger partial charge is 0.493 e. The SMILES string of the molecule is C=CCCC(C)(O)Cc1cc(Cl)cc2c1OCC2. The molecule has 1 unspecified atom stereocenters. The number of fused-ring (bicyclic) bond motifs is 1. The quantitative estimate of drug-likeness (QED) is 0.826. The third kappa shape index (κ3) is 3.06. The van der Waals surface area contributed by atoms with Gasteiger partial charge in [-0.3, -0.25) is 0 Å². The zero-order valence-electron chi connectivity index (χ0n) is 10.7. The van der Waals surface area contributed by atoms with Crippen LogP contribution >= 0.6 is 11.6 Å². The van der Waals surface area contributed by atoms with Gasteiger partial charge in [-0.1, -0.05) is 17.7 Å². The van der Waals surface area contributed by atoms with Crippen molar-refractivity contribution in [2.45, 2.75) is 38.2 Å². The third-order valence-corrected chi connectivity index (χ3v) is 3.50. The molecular weight excluding hydrogens is 248 g/mol. The first kappa shape index (κ1) is 13.4. The molecule has 0 aliphatic carbocycles. The van der Waals surface area contributed by atoms with E-state index in [9.17, 15) is 5.11 Å². The highest BCUT2D eigenvalue weighted by molar-refractivity contribution is 6.30. The lowest BCUT2D eigenvalue weighted by molar-refractivity contribution is 0.0517. The van der Waals surface area contributed by atoms with Crippen molar-refractivity contribution in [2.75, 3.05) is 6.61 Å². The fraction of sp³-hybridized carbons (Fsp3) is 0.467. The van der Waals surface area contributed by atoms with E-state index in [-0.39, 0.29) is 0 Å². The van der Waals surface area contributed by atoms with E-state index in [0.717, 1.165) is 29.7 Å². The molecule has 2 nitrogen and oxygen atoms in total. The van der Waals surface area contributed by atoms with Crippen molar-refractivity contribution >= 4 is 11.6 Å². The lowest BCUT2D eigenvalue weighted by atomic mass is 9.90. The monoisotopic (exact) mass is 266 g/mol. The van der Waals surface area contributed by atoms with Gasteiger partial charge in [0.1, 0.15) is 5.75 Å². The van der Waals surface area contributed by atoms with Gasteiger partial charge < -0.3 is 9.84 Å². The maximum atomic E-state index is 10.4. The van der Waals surface area contributed by atoms with Crippen molar-refractivity contribution in [2.24, 2.45) is 0 Å². The Kier molecular flexibility index (Phi) is 3.98. The van der Waals surface area contributed by atoms with Crippen LogP contribution < -0.4 is 4.74 Å². The second-order valence-electron chi connectivity index (χ2n) is 5.15. The fourth-order valence-corrected chi connectivity index (χ4v) is 2.65. The Balaban J connectivity index is 2.21. The molecule has 98 valence electrons. The molecule has 1 aliphatic heterocycles. The Morgan fingerprint density at radius 3 is 3.06 bits per heavy atom. The molecule has 0 saturated heterocycles. The molecule has 0 bridgehead atoms. The van der Waals surface area contributed by atoms with E-state index in [1.54, 1.807) is 0 Å². The summed E-state index contributed by atoms with van der Waals surface area (Å²) in [4.78, 5) is 0. The van der Waals surface area contributed by atoms with Gasteiger partial charge in [-0.05, 0) is 43.0 Å². The average Bonchev–Trinajstić information content (AvgIpc) is 2.74. The topological polar surface area (TPSA) is 29.5 Å². The predicted octanol–water partition coefficient (Wildman–Crippen LogP) is 3.53. The lowest BCUT2D eigenvalue weighted by Gasteiger charge is -2.24. The summed E-state index contributed by atoms with van der Waals surface area (Å²) in [5.41, 5.74) is 1.40. The van der Waals surface area contributed by atoms with Gasteiger partial charge in [-0.2, -0.15) is 0 Å². The first-order valence-corrected chi connectivity index (χ1v) is 6.67. The molecule has 0 fully saturated rings. The number of rotatable bonds is 5. The molecule has 0 aromatic heterocycles. The standard InChI is InChI=1S/C15H19ClO2/c1-3-4-6-15(2,17)10-12-9-13(16)8-11-5-7-18-14(11)12/h3,8-9,17H,1,4-7,10H2,2H3. The van der Waals surface area contributed by atoms with E-state index >= 15 is 0 Å². The van der Waals surface area contributed by atoms with Crippen molar-refractivity contribution in [3.05, 3.63) is 40.9 Å². The van der Waals surface area contributed by atoms with Crippen molar-refractivity contribution in [1.82, 2.24) is 0 Å². The summed E-state index contributed by atoms with van der Waals surface area (Å²) in [5.74, 6) is 0.915. The normalized spacial score (nSPS) is 16.8. The summed E-state index contributed by atoms with van der Waals surface area (Å²) in [7, 11) is 0. The fourth-order valence-electron chi connectivity index (χ4n) is 2.39. The van der Waals surface area contributed by atoms with Crippen LogP contribution in [0.5, 0.6) is 5.75 Å². The van der Waals surface area contributed by atoms with Gasteiger partial charge in [-0.25, -0.2) is 0 Å². The molecule has 1 atom stereocenters. The zero-order valence-corrected chi connectivity index (χ0v) is 11.5. The smallest absolute Gasteiger partial charge is 0.126 e. The molecule has 2 rings (SSSR count). The zero-order chi connectivity index (χ0) is 13.2. The van der Waals surface area contributed by atoms with Gasteiger partial charge >= 0.3 is 0 Å². The third-order valence-electron chi connectivity index (χ3n) is 3.28. The van der Waals surface area contributed by atoms with Crippen molar-refractivity contribution in [3.8, 4) is 5.75 Å². The molecule has 1 N–H and O–H groups in total. The highest BCUT2D eigenvalue weighted by Crippen LogP contribution is 2.35. The summed E-state index contributed by atoms with van der Waals surface area (Å²) in [6.45, 7) is 6.24. The highest BCUT2D eigenvalue weighted by atomic mass is 35.5. The lowest BCUT2D eigenvalue weighted by Crippen LogP contribution is -2.27. The first-order chi connectivity index (χ1) is 8.52. The van der Waals surface area contributed by atoms with Crippen molar-refractivity contribution in [3.63, 3.8) is 0 Å². The van der Waals surface area contributed by atoms with Crippen molar-refractivity contribution < 1.29 is 9.84 Å². The van der Waals surface area contributed by atoms with Crippen LogP contribution in [-0.2, 0) is 12.8 Å². The molecule has 0 saturated carbocycles. The second-order valence-corrected chi connectivity index (χ2v) is 5.59. The number of aliphatic hydroxyl groups is 1. The van der Waals surface area contributed by atoms with Crippen LogP contribution in [0.3, 0.4) is 0 Å². The van der Waals surface area contributed by atoms with Gasteiger partial charge in [0.15, 0.2) is 0 Å². The Labute approximate surface area is 113 Å². The predicted molar refractivity (Wildman–Crippen MR) is 74.4 cm³/mol. The van der Waals surface area contributed by atoms with Gasteiger partial charge in [0.05, 0.1) is 12.2 Å². The summed E-state index contributed by atoms with van der Waals surface area (Å²) < 4.78 is 5.65. The maximum Gasteiger partial charge on any atom is 0.126 e. The van der Waals surface area contributed by atoms with Crippen LogP contribution in [0.25, 0.3) is 0 Å². The van der Waals surface area contributed by atoms with E-state index in [2.05, 4.69) is 6.58 Å². The van der Waals surface area contributed by atoms with Crippen LogP contribution in [0.2, 0.25) is 5.02 Å². The van der Waals surface area contributed by atoms with Gasteiger partial charge in [0, 0.05) is 17.9 Å². The maximum absolute atomic E-state index is 10.4. The van der Waals surface area contributed by atoms with E-state index in [0.29, 0.717) is 24.5 Å². The molecule has 0 spiro atoms. The Morgan fingerprint density at radius 2 is 2.33 bits per heavy atom. The first-order valence-electron chi connectivity index (χ1n) is 6.29. The summed E-state index contributed by atoms with van der Waals surface area (Å²) >= 11 is 6.11. The Morgan fingerprint density at radius 1 is 1.56 bits per heavy atom. The number of hydrogen-bond donors (Lipinski definition) is 1. The molecule has 1 heterocycles. The van der Waals surface area contributed by atoms with Gasteiger partial charge in [0.25, 0.3) is 0 Å². The van der Waals surface area contributed by atoms with Gasteiger partial charge in [-0.15, -0.1) is 6.58 Å². The molecule has 1 aliphatic rings. The summed E-state index contributed by atoms with van der Waals surface area (Å²) in [5, 5.41) is 11.1. The molecule has 0 amide bonds. The summed E-state index contributed by atoms with van der Waals surface area (Å²) in [6, 6.07) is 3.85.